The minimum atomic E-state index is -3.23. The molecule has 3 N–H and O–H groups in total. The molecule has 1 aromatic carbocycles. The smallest absolute Gasteiger partial charge is 0.426 e. The third-order valence-corrected chi connectivity index (χ3v) is 6.92. The first-order chi connectivity index (χ1) is 15.9. The van der Waals surface area contributed by atoms with Crippen molar-refractivity contribution >= 4 is 24.8 Å². The second kappa shape index (κ2) is 9.26. The summed E-state index contributed by atoms with van der Waals surface area (Å²) in [4.78, 5) is 40.7. The van der Waals surface area contributed by atoms with Gasteiger partial charge < -0.3 is 25.2 Å². The Morgan fingerprint density at radius 3 is 2.68 bits per heavy atom. The molecule has 0 aliphatic carbocycles. The maximum absolute atomic E-state index is 13.8. The van der Waals surface area contributed by atoms with Crippen LogP contribution in [0.2, 0.25) is 0 Å². The fourth-order valence-electron chi connectivity index (χ4n) is 5.27. The number of fused-ring (bicyclic) bond motifs is 1. The van der Waals surface area contributed by atoms with Crippen molar-refractivity contribution in [1.82, 2.24) is 15.1 Å². The average molecular weight is 477 g/mol. The lowest BCUT2D eigenvalue weighted by atomic mass is 9.77. The molecule has 0 radical (unpaired) electrons. The van der Waals surface area contributed by atoms with Gasteiger partial charge in [-0.2, -0.15) is 0 Å². The number of carbonyl (C=O) groups is 3. The maximum atomic E-state index is 13.8. The van der Waals surface area contributed by atoms with Crippen LogP contribution < -0.4 is 5.32 Å². The second-order valence-electron chi connectivity index (χ2n) is 10.1. The largest absolute Gasteiger partial charge is 0.475 e. The molecule has 0 aromatic heterocycles. The normalized spacial score (nSPS) is 25.6. The zero-order valence-corrected chi connectivity index (χ0v) is 19.3. The number of amides is 3. The van der Waals surface area contributed by atoms with Crippen LogP contribution in [0.15, 0.2) is 18.2 Å². The lowest BCUT2D eigenvalue weighted by Crippen LogP contribution is -2.51. The highest BCUT2D eigenvalue weighted by Crippen LogP contribution is 2.34. The summed E-state index contributed by atoms with van der Waals surface area (Å²) in [5.74, 6) is -6.40. The van der Waals surface area contributed by atoms with E-state index in [2.05, 4.69) is 25.2 Å². The minimum absolute atomic E-state index is 0.000883. The fourth-order valence-corrected chi connectivity index (χ4v) is 5.27. The van der Waals surface area contributed by atoms with E-state index < -0.39 is 55.7 Å². The van der Waals surface area contributed by atoms with Gasteiger partial charge in [0, 0.05) is 31.8 Å². The molecular formula is C23H30BF2N3O5. The summed E-state index contributed by atoms with van der Waals surface area (Å²) >= 11 is 0. The lowest BCUT2D eigenvalue weighted by molar-refractivity contribution is -0.135. The third-order valence-electron chi connectivity index (χ3n) is 6.92. The number of hydrogen-bond donors (Lipinski definition) is 3. The highest BCUT2D eigenvalue weighted by atomic mass is 19.3. The third kappa shape index (κ3) is 4.95. The van der Waals surface area contributed by atoms with Gasteiger partial charge in [0.15, 0.2) is 0 Å². The van der Waals surface area contributed by atoms with E-state index in [4.69, 9.17) is 0 Å². The molecule has 4 rings (SSSR count). The Labute approximate surface area is 197 Å². The van der Waals surface area contributed by atoms with Gasteiger partial charge in [-0.15, -0.1) is 0 Å². The van der Waals surface area contributed by atoms with Crippen molar-refractivity contribution in [2.24, 2.45) is 11.8 Å². The second-order valence-corrected chi connectivity index (χ2v) is 10.1. The topological polar surface area (TPSA) is 110 Å². The molecule has 8 nitrogen and oxygen atoms in total. The minimum Gasteiger partial charge on any atom is -0.426 e. The summed E-state index contributed by atoms with van der Waals surface area (Å²) < 4.78 is 27.6. The molecule has 3 aliphatic rings. The van der Waals surface area contributed by atoms with Crippen molar-refractivity contribution in [2.75, 3.05) is 6.54 Å². The molecule has 184 valence electrons. The van der Waals surface area contributed by atoms with E-state index in [-0.39, 0.29) is 18.7 Å². The Bertz CT molecular complexity index is 989. The van der Waals surface area contributed by atoms with Gasteiger partial charge in [-0.25, -0.2) is 8.78 Å². The molecule has 0 spiro atoms. The van der Waals surface area contributed by atoms with Crippen molar-refractivity contribution in [3.05, 3.63) is 34.9 Å². The first kappa shape index (κ1) is 24.6. The molecule has 11 heteroatoms. The SMILES string of the molecule is CC(C)Cc1cccc2c1CN(C(=O)C[C@@H]1C[C@@H](C(=O)N3CC(F)(F)C[C@H]3B(O)O)NC1=O)C2. The Hall–Kier alpha value is -2.53. The molecule has 2 fully saturated rings. The Morgan fingerprint density at radius 1 is 1.26 bits per heavy atom. The van der Waals surface area contributed by atoms with Crippen LogP contribution in [0.4, 0.5) is 8.78 Å². The molecule has 3 aliphatic heterocycles. The van der Waals surface area contributed by atoms with Crippen LogP contribution in [-0.2, 0) is 33.9 Å². The number of alkyl halides is 2. The Kier molecular flexibility index (Phi) is 6.70. The van der Waals surface area contributed by atoms with E-state index in [9.17, 15) is 33.2 Å². The number of carbonyl (C=O) groups excluding carboxylic acids is 3. The highest BCUT2D eigenvalue weighted by Gasteiger charge is 2.53. The summed E-state index contributed by atoms with van der Waals surface area (Å²) in [6, 6.07) is 4.99. The zero-order chi connectivity index (χ0) is 24.8. The number of halogens is 2. The first-order valence-electron chi connectivity index (χ1n) is 11.7. The van der Waals surface area contributed by atoms with Gasteiger partial charge in [-0.1, -0.05) is 32.0 Å². The van der Waals surface area contributed by atoms with Crippen LogP contribution in [0.1, 0.15) is 49.8 Å². The molecule has 0 unspecified atom stereocenters. The number of nitrogens with one attached hydrogen (secondary N) is 1. The zero-order valence-electron chi connectivity index (χ0n) is 19.3. The Balaban J connectivity index is 1.38. The molecule has 3 atom stereocenters. The maximum Gasteiger partial charge on any atom is 0.475 e. The number of nitrogens with zero attached hydrogens (tertiary/aromatic N) is 2. The fraction of sp³-hybridized carbons (Fsp3) is 0.609. The molecule has 2 saturated heterocycles. The van der Waals surface area contributed by atoms with Crippen molar-refractivity contribution < 1.29 is 33.2 Å². The van der Waals surface area contributed by atoms with Crippen molar-refractivity contribution in [1.29, 1.82) is 0 Å². The number of hydrogen-bond acceptors (Lipinski definition) is 5. The summed E-state index contributed by atoms with van der Waals surface area (Å²) in [5.41, 5.74) is 3.46. The monoisotopic (exact) mass is 477 g/mol. The average Bonchev–Trinajstić information content (AvgIpc) is 3.42. The summed E-state index contributed by atoms with van der Waals surface area (Å²) in [6.45, 7) is 4.29. The van der Waals surface area contributed by atoms with Gasteiger partial charge >= 0.3 is 7.12 Å². The first-order valence-corrected chi connectivity index (χ1v) is 11.7. The van der Waals surface area contributed by atoms with Crippen LogP contribution in [-0.4, -0.2) is 69.1 Å². The van der Waals surface area contributed by atoms with Gasteiger partial charge in [0.2, 0.25) is 17.7 Å². The van der Waals surface area contributed by atoms with Gasteiger partial charge in [0.25, 0.3) is 5.92 Å². The Morgan fingerprint density at radius 2 is 2.00 bits per heavy atom. The predicted molar refractivity (Wildman–Crippen MR) is 119 cm³/mol. The molecule has 3 heterocycles. The van der Waals surface area contributed by atoms with Crippen LogP contribution in [0.25, 0.3) is 0 Å². The predicted octanol–water partition coefficient (Wildman–Crippen LogP) is 0.870. The molecule has 34 heavy (non-hydrogen) atoms. The molecule has 0 saturated carbocycles. The standard InChI is InChI=1S/C23H30BF2N3O5/c1-13(2)6-14-4-3-5-15-10-28(11-17(14)15)20(30)8-16-7-18(27-21(16)31)22(32)29-12-23(25,26)9-19(29)24(33)34/h3-5,13,16,18-19,33-34H,6-12H2,1-2H3,(H,27,31)/t16-,18-,19-/m0/s1. The molecule has 0 bridgehead atoms. The van der Waals surface area contributed by atoms with Gasteiger partial charge in [-0.05, 0) is 35.4 Å². The summed E-state index contributed by atoms with van der Waals surface area (Å²) in [5, 5.41) is 21.3. The van der Waals surface area contributed by atoms with E-state index >= 15 is 0 Å². The summed E-state index contributed by atoms with van der Waals surface area (Å²) in [7, 11) is -2.11. The number of benzene rings is 1. The van der Waals surface area contributed by atoms with Crippen molar-refractivity contribution in [3.8, 4) is 0 Å². The van der Waals surface area contributed by atoms with Crippen LogP contribution in [0.5, 0.6) is 0 Å². The molecular weight excluding hydrogens is 447 g/mol. The van der Waals surface area contributed by atoms with E-state index in [1.165, 1.54) is 5.56 Å². The van der Waals surface area contributed by atoms with Gasteiger partial charge in [-0.3, -0.25) is 14.4 Å². The van der Waals surface area contributed by atoms with Crippen LogP contribution >= 0.6 is 0 Å². The van der Waals surface area contributed by atoms with E-state index in [0.29, 0.717) is 19.0 Å². The molecule has 1 aromatic rings. The molecule has 3 amide bonds. The van der Waals surface area contributed by atoms with Crippen molar-refractivity contribution in [2.45, 2.75) is 70.5 Å². The number of rotatable bonds is 6. The van der Waals surface area contributed by atoms with E-state index in [1.54, 1.807) is 4.90 Å². The van der Waals surface area contributed by atoms with Crippen LogP contribution in [0, 0.1) is 11.8 Å². The van der Waals surface area contributed by atoms with Gasteiger partial charge in [0.1, 0.15) is 6.04 Å². The quantitative estimate of drug-likeness (QED) is 0.527. The number of likely N-dealkylation sites (tertiary alicyclic amines) is 1. The highest BCUT2D eigenvalue weighted by molar-refractivity contribution is 6.43. The van der Waals surface area contributed by atoms with E-state index in [1.807, 2.05) is 12.1 Å². The van der Waals surface area contributed by atoms with Gasteiger partial charge in [0.05, 0.1) is 12.5 Å². The van der Waals surface area contributed by atoms with Crippen molar-refractivity contribution in [3.63, 3.8) is 0 Å². The summed E-state index contributed by atoms with van der Waals surface area (Å²) in [6.07, 6.45) is -0.0170. The van der Waals surface area contributed by atoms with E-state index in [0.717, 1.165) is 22.4 Å². The van der Waals surface area contributed by atoms with Crippen LogP contribution in [0.3, 0.4) is 0 Å². The lowest BCUT2D eigenvalue weighted by Gasteiger charge is -2.26.